The average molecular weight is 220 g/mol. The monoisotopic (exact) mass is 220 g/mol. The lowest BCUT2D eigenvalue weighted by Gasteiger charge is -2.39. The van der Waals surface area contributed by atoms with Crippen LogP contribution in [0.3, 0.4) is 0 Å². The third kappa shape index (κ3) is 2.65. The van der Waals surface area contributed by atoms with Gasteiger partial charge in [-0.1, -0.05) is 13.8 Å². The van der Waals surface area contributed by atoms with E-state index in [0.29, 0.717) is 6.42 Å². The summed E-state index contributed by atoms with van der Waals surface area (Å²) in [7, 11) is 0. The summed E-state index contributed by atoms with van der Waals surface area (Å²) in [5.41, 5.74) is 5.22. The van der Waals surface area contributed by atoms with Crippen molar-refractivity contribution in [1.29, 1.82) is 0 Å². The Balaban J connectivity index is 2.64. The summed E-state index contributed by atoms with van der Waals surface area (Å²) in [6.07, 6.45) is 0.394. The van der Waals surface area contributed by atoms with Crippen LogP contribution in [0.15, 0.2) is 0 Å². The lowest BCUT2D eigenvalue weighted by atomic mass is 9.94. The van der Waals surface area contributed by atoms with Crippen LogP contribution in [-0.2, 0) is 4.79 Å². The van der Waals surface area contributed by atoms with Crippen LogP contribution in [0.2, 0.25) is 0 Å². The van der Waals surface area contributed by atoms with Crippen LogP contribution in [0.25, 0.3) is 0 Å². The first-order valence-electron chi connectivity index (χ1n) is 5.29. The Hall–Kier alpha value is -0.710. The topological polar surface area (TPSA) is 46.3 Å². The van der Waals surface area contributed by atoms with Crippen LogP contribution < -0.4 is 5.73 Å². The highest BCUT2D eigenvalue weighted by molar-refractivity contribution is 5.79. The van der Waals surface area contributed by atoms with Gasteiger partial charge in [0.15, 0.2) is 0 Å². The fraction of sp³-hybridized carbons (Fsp3) is 0.900. The number of carbonyl (C=O) groups excluding carboxylic acids is 1. The maximum absolute atomic E-state index is 13.2. The summed E-state index contributed by atoms with van der Waals surface area (Å²) < 4.78 is 26.4. The van der Waals surface area contributed by atoms with E-state index in [0.717, 1.165) is 0 Å². The van der Waals surface area contributed by atoms with Crippen molar-refractivity contribution >= 4 is 5.91 Å². The number of piperidine rings is 1. The minimum absolute atomic E-state index is 0.183. The smallest absolute Gasteiger partial charge is 0.253 e. The number of primary amides is 1. The van der Waals surface area contributed by atoms with Crippen molar-refractivity contribution in [3.05, 3.63) is 0 Å². The van der Waals surface area contributed by atoms with E-state index >= 15 is 0 Å². The summed E-state index contributed by atoms with van der Waals surface area (Å²) in [6.45, 7) is 3.85. The first-order valence-corrected chi connectivity index (χ1v) is 5.29. The number of rotatable bonds is 3. The molecule has 0 radical (unpaired) electrons. The summed E-state index contributed by atoms with van der Waals surface area (Å²) in [5.74, 6) is -3.73. The van der Waals surface area contributed by atoms with Gasteiger partial charge in [-0.15, -0.1) is 0 Å². The van der Waals surface area contributed by atoms with Gasteiger partial charge < -0.3 is 5.73 Å². The Bertz CT molecular complexity index is 246. The van der Waals surface area contributed by atoms with Crippen LogP contribution in [0.5, 0.6) is 0 Å². The number of carbonyl (C=O) groups is 1. The SMILES string of the molecule is CCC(C(N)=O)N1CCC(F)(F)C(C)C1. The minimum Gasteiger partial charge on any atom is -0.368 e. The van der Waals surface area contributed by atoms with Crippen molar-refractivity contribution in [1.82, 2.24) is 4.90 Å². The molecule has 5 heteroatoms. The van der Waals surface area contributed by atoms with Gasteiger partial charge in [-0.05, 0) is 6.42 Å². The molecule has 1 aliphatic heterocycles. The Labute approximate surface area is 88.6 Å². The van der Waals surface area contributed by atoms with Crippen molar-refractivity contribution in [3.63, 3.8) is 0 Å². The summed E-state index contributed by atoms with van der Waals surface area (Å²) in [4.78, 5) is 12.9. The molecule has 15 heavy (non-hydrogen) atoms. The van der Waals surface area contributed by atoms with Gasteiger partial charge in [0, 0.05) is 25.4 Å². The largest absolute Gasteiger partial charge is 0.368 e. The zero-order valence-corrected chi connectivity index (χ0v) is 9.17. The van der Waals surface area contributed by atoms with E-state index in [4.69, 9.17) is 5.73 Å². The molecule has 0 bridgehead atoms. The number of amides is 1. The van der Waals surface area contributed by atoms with Gasteiger partial charge in [-0.3, -0.25) is 9.69 Å². The third-order valence-electron chi connectivity index (χ3n) is 3.12. The molecule has 0 spiro atoms. The van der Waals surface area contributed by atoms with Gasteiger partial charge >= 0.3 is 0 Å². The van der Waals surface area contributed by atoms with Gasteiger partial charge in [0.2, 0.25) is 5.91 Å². The molecule has 1 saturated heterocycles. The zero-order chi connectivity index (χ0) is 11.6. The van der Waals surface area contributed by atoms with Crippen molar-refractivity contribution in [2.24, 2.45) is 11.7 Å². The van der Waals surface area contributed by atoms with E-state index in [-0.39, 0.29) is 19.5 Å². The molecule has 88 valence electrons. The maximum Gasteiger partial charge on any atom is 0.253 e. The number of halogens is 2. The molecule has 0 aromatic rings. The van der Waals surface area contributed by atoms with Crippen LogP contribution in [0, 0.1) is 5.92 Å². The van der Waals surface area contributed by atoms with E-state index < -0.39 is 23.8 Å². The molecule has 1 aliphatic rings. The standard InChI is InChI=1S/C10H18F2N2O/c1-3-8(9(13)15)14-5-4-10(11,12)7(2)6-14/h7-8H,3-6H2,1-2H3,(H2,13,15). The van der Waals surface area contributed by atoms with E-state index in [1.807, 2.05) is 6.92 Å². The number of nitrogens with two attached hydrogens (primary N) is 1. The molecular weight excluding hydrogens is 202 g/mol. The molecular formula is C10H18F2N2O. The molecule has 0 saturated carbocycles. The fourth-order valence-corrected chi connectivity index (χ4v) is 2.04. The Morgan fingerprint density at radius 3 is 2.67 bits per heavy atom. The second-order valence-corrected chi connectivity index (χ2v) is 4.23. The first-order chi connectivity index (χ1) is 6.88. The normalized spacial score (nSPS) is 28.7. The molecule has 2 N–H and O–H groups in total. The average Bonchev–Trinajstić information content (AvgIpc) is 2.12. The lowest BCUT2D eigenvalue weighted by Crippen LogP contribution is -2.53. The second kappa shape index (κ2) is 4.43. The second-order valence-electron chi connectivity index (χ2n) is 4.23. The van der Waals surface area contributed by atoms with Gasteiger partial charge in [0.1, 0.15) is 0 Å². The molecule has 1 rings (SSSR count). The highest BCUT2D eigenvalue weighted by Gasteiger charge is 2.43. The Morgan fingerprint density at radius 1 is 1.67 bits per heavy atom. The molecule has 1 heterocycles. The van der Waals surface area contributed by atoms with E-state index in [1.165, 1.54) is 6.92 Å². The molecule has 0 aliphatic carbocycles. The van der Waals surface area contributed by atoms with Gasteiger partial charge in [0.05, 0.1) is 6.04 Å². The van der Waals surface area contributed by atoms with Crippen molar-refractivity contribution < 1.29 is 13.6 Å². The van der Waals surface area contributed by atoms with Gasteiger partial charge in [-0.2, -0.15) is 0 Å². The minimum atomic E-state index is -2.60. The van der Waals surface area contributed by atoms with Crippen molar-refractivity contribution in [2.45, 2.75) is 38.7 Å². The van der Waals surface area contributed by atoms with E-state index in [1.54, 1.807) is 4.90 Å². The molecule has 2 unspecified atom stereocenters. The van der Waals surface area contributed by atoms with Crippen LogP contribution >= 0.6 is 0 Å². The Morgan fingerprint density at radius 2 is 2.27 bits per heavy atom. The number of hydrogen-bond donors (Lipinski definition) is 1. The number of likely N-dealkylation sites (tertiary alicyclic amines) is 1. The maximum atomic E-state index is 13.2. The predicted molar refractivity (Wildman–Crippen MR) is 53.6 cm³/mol. The summed E-state index contributed by atoms with van der Waals surface area (Å²) in [5, 5.41) is 0. The van der Waals surface area contributed by atoms with Crippen molar-refractivity contribution in [3.8, 4) is 0 Å². The van der Waals surface area contributed by atoms with Gasteiger partial charge in [-0.25, -0.2) is 8.78 Å². The lowest BCUT2D eigenvalue weighted by molar-refractivity contribution is -0.132. The number of hydrogen-bond acceptors (Lipinski definition) is 2. The zero-order valence-electron chi connectivity index (χ0n) is 9.17. The molecule has 0 aromatic heterocycles. The third-order valence-corrected chi connectivity index (χ3v) is 3.12. The first kappa shape index (κ1) is 12.4. The molecule has 1 fully saturated rings. The quantitative estimate of drug-likeness (QED) is 0.777. The fourth-order valence-electron chi connectivity index (χ4n) is 2.04. The van der Waals surface area contributed by atoms with Crippen LogP contribution in [0.4, 0.5) is 8.78 Å². The number of nitrogens with zero attached hydrogens (tertiary/aromatic N) is 1. The molecule has 2 atom stereocenters. The summed E-state index contributed by atoms with van der Waals surface area (Å²) in [6, 6.07) is -0.399. The molecule has 0 aromatic carbocycles. The summed E-state index contributed by atoms with van der Waals surface area (Å²) >= 11 is 0. The van der Waals surface area contributed by atoms with Crippen molar-refractivity contribution in [2.75, 3.05) is 13.1 Å². The molecule has 1 amide bonds. The Kier molecular flexibility index (Phi) is 3.65. The van der Waals surface area contributed by atoms with Crippen LogP contribution in [-0.4, -0.2) is 35.9 Å². The van der Waals surface area contributed by atoms with E-state index in [2.05, 4.69) is 0 Å². The highest BCUT2D eigenvalue weighted by atomic mass is 19.3. The van der Waals surface area contributed by atoms with E-state index in [9.17, 15) is 13.6 Å². The van der Waals surface area contributed by atoms with Gasteiger partial charge in [0.25, 0.3) is 5.92 Å². The molecule has 3 nitrogen and oxygen atoms in total. The highest BCUT2D eigenvalue weighted by Crippen LogP contribution is 2.33. The number of alkyl halides is 2. The van der Waals surface area contributed by atoms with Crippen LogP contribution in [0.1, 0.15) is 26.7 Å². The predicted octanol–water partition coefficient (Wildman–Crippen LogP) is 1.23.